The van der Waals surface area contributed by atoms with Crippen LogP contribution in [-0.2, 0) is 0 Å². The van der Waals surface area contributed by atoms with E-state index in [4.69, 9.17) is 4.74 Å². The van der Waals surface area contributed by atoms with Crippen molar-refractivity contribution < 1.29 is 4.74 Å². The smallest absolute Gasteiger partial charge is 0.119 e. The highest BCUT2D eigenvalue weighted by molar-refractivity contribution is 5.29. The van der Waals surface area contributed by atoms with Crippen LogP contribution in [0.1, 0.15) is 63.9 Å². The van der Waals surface area contributed by atoms with Crippen molar-refractivity contribution in [3.63, 3.8) is 0 Å². The summed E-state index contributed by atoms with van der Waals surface area (Å²) in [7, 11) is 0. The zero-order valence-corrected chi connectivity index (χ0v) is 11.8. The molecule has 1 aromatic carbocycles. The van der Waals surface area contributed by atoms with Gasteiger partial charge < -0.3 is 4.74 Å². The van der Waals surface area contributed by atoms with E-state index in [1.165, 1.54) is 44.1 Å². The van der Waals surface area contributed by atoms with Gasteiger partial charge in [0, 0.05) is 0 Å². The fraction of sp³-hybridized carbons (Fsp3) is 0.647. The minimum atomic E-state index is 0.724. The van der Waals surface area contributed by atoms with Crippen LogP contribution >= 0.6 is 0 Å². The molecule has 1 saturated carbocycles. The van der Waals surface area contributed by atoms with E-state index in [0.29, 0.717) is 0 Å². The van der Waals surface area contributed by atoms with Crippen molar-refractivity contribution in [3.05, 3.63) is 29.8 Å². The summed E-state index contributed by atoms with van der Waals surface area (Å²) in [6, 6.07) is 8.80. The number of unbranched alkanes of at least 4 members (excludes halogenated alkanes) is 1. The minimum absolute atomic E-state index is 0.724. The second-order valence-corrected chi connectivity index (χ2v) is 5.57. The minimum Gasteiger partial charge on any atom is -0.493 e. The van der Waals surface area contributed by atoms with Gasteiger partial charge in [-0.1, -0.05) is 38.8 Å². The number of ether oxygens (including phenoxy) is 1. The number of hydrogen-bond acceptors (Lipinski definition) is 1. The summed E-state index contributed by atoms with van der Waals surface area (Å²) in [4.78, 5) is 0. The van der Waals surface area contributed by atoms with Gasteiger partial charge >= 0.3 is 0 Å². The molecule has 0 N–H and O–H groups in total. The molecule has 18 heavy (non-hydrogen) atoms. The molecule has 1 aromatic rings. The maximum absolute atomic E-state index is 5.78. The molecule has 1 nitrogen and oxygen atoms in total. The van der Waals surface area contributed by atoms with Gasteiger partial charge in [0.25, 0.3) is 0 Å². The Morgan fingerprint density at radius 1 is 1.17 bits per heavy atom. The van der Waals surface area contributed by atoms with Crippen molar-refractivity contribution in [1.29, 1.82) is 0 Å². The van der Waals surface area contributed by atoms with Gasteiger partial charge in [0.1, 0.15) is 5.75 Å². The van der Waals surface area contributed by atoms with Crippen molar-refractivity contribution in [2.75, 3.05) is 6.61 Å². The van der Waals surface area contributed by atoms with Crippen LogP contribution in [0.4, 0.5) is 0 Å². The lowest BCUT2D eigenvalue weighted by Gasteiger charge is -2.15. The van der Waals surface area contributed by atoms with Crippen molar-refractivity contribution >= 4 is 0 Å². The van der Waals surface area contributed by atoms with Gasteiger partial charge in [0.15, 0.2) is 0 Å². The highest BCUT2D eigenvalue weighted by Gasteiger charge is 2.21. The van der Waals surface area contributed by atoms with E-state index in [-0.39, 0.29) is 0 Å². The summed E-state index contributed by atoms with van der Waals surface area (Å²) in [5.41, 5.74) is 1.48. The molecular weight excluding hydrogens is 220 g/mol. The third kappa shape index (κ3) is 4.04. The molecule has 0 spiro atoms. The lowest BCUT2D eigenvalue weighted by molar-refractivity contribution is 0.299. The zero-order valence-electron chi connectivity index (χ0n) is 11.8. The first-order valence-electron chi connectivity index (χ1n) is 7.56. The molecule has 100 valence electrons. The number of rotatable bonds is 8. The Labute approximate surface area is 112 Å². The van der Waals surface area contributed by atoms with Crippen LogP contribution in [0.5, 0.6) is 5.75 Å². The fourth-order valence-corrected chi connectivity index (χ4v) is 2.39. The molecule has 1 aliphatic rings. The Morgan fingerprint density at radius 2 is 1.89 bits per heavy atom. The van der Waals surface area contributed by atoms with Gasteiger partial charge in [0.05, 0.1) is 6.61 Å². The average Bonchev–Trinajstić information content (AvgIpc) is 3.23. The second kappa shape index (κ2) is 6.82. The molecule has 0 aromatic heterocycles. The molecule has 1 heteroatoms. The van der Waals surface area contributed by atoms with E-state index < -0.39 is 0 Å². The van der Waals surface area contributed by atoms with Crippen LogP contribution in [0.3, 0.4) is 0 Å². The van der Waals surface area contributed by atoms with Crippen LogP contribution in [0.25, 0.3) is 0 Å². The highest BCUT2D eigenvalue weighted by atomic mass is 16.5. The summed E-state index contributed by atoms with van der Waals surface area (Å²) in [5.74, 6) is 2.59. The van der Waals surface area contributed by atoms with E-state index in [1.807, 2.05) is 0 Å². The summed E-state index contributed by atoms with van der Waals surface area (Å²) in [6.07, 6.45) is 7.88. The summed E-state index contributed by atoms with van der Waals surface area (Å²) in [6.45, 7) is 5.46. The lowest BCUT2D eigenvalue weighted by atomic mass is 9.91. The average molecular weight is 246 g/mol. The molecule has 2 rings (SSSR count). The van der Waals surface area contributed by atoms with Crippen LogP contribution in [0, 0.1) is 5.92 Å². The van der Waals surface area contributed by atoms with Crippen molar-refractivity contribution in [2.24, 2.45) is 5.92 Å². The third-order valence-electron chi connectivity index (χ3n) is 3.93. The third-order valence-corrected chi connectivity index (χ3v) is 3.93. The van der Waals surface area contributed by atoms with Gasteiger partial charge in [-0.3, -0.25) is 0 Å². The van der Waals surface area contributed by atoms with Crippen LogP contribution < -0.4 is 4.74 Å². The second-order valence-electron chi connectivity index (χ2n) is 5.57. The first-order chi connectivity index (χ1) is 8.83. The van der Waals surface area contributed by atoms with Gasteiger partial charge in [-0.25, -0.2) is 0 Å². The van der Waals surface area contributed by atoms with Crippen LogP contribution in [0.2, 0.25) is 0 Å². The molecule has 0 amide bonds. The molecule has 0 aliphatic heterocycles. The first kappa shape index (κ1) is 13.5. The molecule has 0 bridgehead atoms. The van der Waals surface area contributed by atoms with Gasteiger partial charge in [0.2, 0.25) is 0 Å². The van der Waals surface area contributed by atoms with Crippen LogP contribution in [0.15, 0.2) is 24.3 Å². The summed E-state index contributed by atoms with van der Waals surface area (Å²) in [5, 5.41) is 0. The predicted molar refractivity (Wildman–Crippen MR) is 77.2 cm³/mol. The van der Waals surface area contributed by atoms with E-state index in [2.05, 4.69) is 38.1 Å². The molecule has 1 unspecified atom stereocenters. The Kier molecular flexibility index (Phi) is 5.10. The lowest BCUT2D eigenvalue weighted by Crippen LogP contribution is -2.00. The monoisotopic (exact) mass is 246 g/mol. The molecule has 1 atom stereocenters. The van der Waals surface area contributed by atoms with Crippen molar-refractivity contribution in [2.45, 2.75) is 58.3 Å². The Morgan fingerprint density at radius 3 is 2.44 bits per heavy atom. The van der Waals surface area contributed by atoms with Crippen molar-refractivity contribution in [1.82, 2.24) is 0 Å². The van der Waals surface area contributed by atoms with Gasteiger partial charge in [-0.2, -0.15) is 0 Å². The topological polar surface area (TPSA) is 9.23 Å². The molecule has 1 aliphatic carbocycles. The zero-order chi connectivity index (χ0) is 12.8. The normalized spacial score (nSPS) is 16.6. The highest BCUT2D eigenvalue weighted by Crippen LogP contribution is 2.30. The van der Waals surface area contributed by atoms with E-state index in [1.54, 1.807) is 0 Å². The van der Waals surface area contributed by atoms with E-state index in [0.717, 1.165) is 24.2 Å². The number of benzene rings is 1. The Bertz CT molecular complexity index is 337. The molecule has 0 radical (unpaired) electrons. The number of hydrogen-bond donors (Lipinski definition) is 0. The maximum Gasteiger partial charge on any atom is 0.119 e. The largest absolute Gasteiger partial charge is 0.493 e. The standard InChI is InChI=1S/C17H26O/c1-3-5-6-15(4-2)16-9-11-17(12-10-16)18-13-14-7-8-14/h9-12,14-15H,3-8,13H2,1-2H3. The molecular formula is C17H26O. The van der Waals surface area contributed by atoms with E-state index in [9.17, 15) is 0 Å². The van der Waals surface area contributed by atoms with Gasteiger partial charge in [-0.05, 0) is 55.2 Å². The van der Waals surface area contributed by atoms with Gasteiger partial charge in [-0.15, -0.1) is 0 Å². The Balaban J connectivity index is 1.87. The summed E-state index contributed by atoms with van der Waals surface area (Å²) >= 11 is 0. The fourth-order valence-electron chi connectivity index (χ4n) is 2.39. The SMILES string of the molecule is CCCCC(CC)c1ccc(OCC2CC2)cc1. The summed E-state index contributed by atoms with van der Waals surface area (Å²) < 4.78 is 5.78. The Hall–Kier alpha value is -0.980. The van der Waals surface area contributed by atoms with E-state index >= 15 is 0 Å². The molecule has 1 fully saturated rings. The maximum atomic E-state index is 5.78. The predicted octanol–water partition coefficient (Wildman–Crippen LogP) is 5.16. The van der Waals surface area contributed by atoms with Crippen molar-refractivity contribution in [3.8, 4) is 5.75 Å². The first-order valence-corrected chi connectivity index (χ1v) is 7.56. The molecule has 0 saturated heterocycles. The quantitative estimate of drug-likeness (QED) is 0.615. The van der Waals surface area contributed by atoms with Crippen LogP contribution in [-0.4, -0.2) is 6.61 Å². The molecule has 0 heterocycles.